The van der Waals surface area contributed by atoms with Gasteiger partial charge in [0.1, 0.15) is 0 Å². The number of rotatable bonds is 5. The number of aliphatic hydroxyl groups is 2. The van der Waals surface area contributed by atoms with E-state index < -0.39 is 0 Å². The summed E-state index contributed by atoms with van der Waals surface area (Å²) in [6.45, 7) is 7.79. The largest absolute Gasteiger partial charge is 0.393 e. The van der Waals surface area contributed by atoms with Crippen LogP contribution < -0.4 is 0 Å². The van der Waals surface area contributed by atoms with Gasteiger partial charge in [-0.05, 0) is 66.3 Å². The zero-order chi connectivity index (χ0) is 18.2. The van der Waals surface area contributed by atoms with Crippen molar-refractivity contribution in [2.45, 2.75) is 71.7 Å². The van der Waals surface area contributed by atoms with Gasteiger partial charge in [0, 0.05) is 13.5 Å². The van der Waals surface area contributed by atoms with Crippen LogP contribution in [-0.2, 0) is 9.47 Å². The van der Waals surface area contributed by atoms with Crippen molar-refractivity contribution in [3.8, 4) is 0 Å². The lowest BCUT2D eigenvalue weighted by molar-refractivity contribution is -0.120. The molecule has 2 unspecified atom stereocenters. The molecule has 0 radical (unpaired) electrons. The van der Waals surface area contributed by atoms with E-state index in [1.165, 1.54) is 0 Å². The quantitative estimate of drug-likeness (QED) is 0.743. The maximum Gasteiger partial charge on any atom is 0.157 e. The molecular formula is C21H36O4. The second-order valence-corrected chi connectivity index (χ2v) is 9.14. The van der Waals surface area contributed by atoms with E-state index in [9.17, 15) is 10.2 Å². The molecule has 0 amide bonds. The Morgan fingerprint density at radius 2 is 2.12 bits per heavy atom. The fraction of sp³-hybridized carbons (Fsp3) is 0.905. The predicted octanol–water partition coefficient (Wildman–Crippen LogP) is 3.52. The number of fused-ring (bicyclic) bond motifs is 1. The number of allylic oxidation sites excluding steroid dienone is 1. The monoisotopic (exact) mass is 352 g/mol. The summed E-state index contributed by atoms with van der Waals surface area (Å²) < 4.78 is 11.0. The Kier molecular flexibility index (Phi) is 5.65. The van der Waals surface area contributed by atoms with E-state index >= 15 is 0 Å². The minimum absolute atomic E-state index is 0.0453. The highest BCUT2D eigenvalue weighted by atomic mass is 16.7. The van der Waals surface area contributed by atoms with Crippen LogP contribution in [-0.4, -0.2) is 42.9 Å². The van der Waals surface area contributed by atoms with Crippen LogP contribution in [0.1, 0.15) is 59.3 Å². The molecule has 4 nitrogen and oxygen atoms in total. The first kappa shape index (κ1) is 19.3. The first-order valence-corrected chi connectivity index (χ1v) is 9.98. The van der Waals surface area contributed by atoms with Crippen molar-refractivity contribution in [2.75, 3.05) is 20.3 Å². The van der Waals surface area contributed by atoms with Crippen LogP contribution in [0.2, 0.25) is 0 Å². The highest BCUT2D eigenvalue weighted by Crippen LogP contribution is 2.62. The smallest absolute Gasteiger partial charge is 0.157 e. The molecule has 144 valence electrons. The minimum Gasteiger partial charge on any atom is -0.393 e. The van der Waals surface area contributed by atoms with Gasteiger partial charge in [0.2, 0.25) is 0 Å². The molecule has 4 heteroatoms. The summed E-state index contributed by atoms with van der Waals surface area (Å²) in [5, 5.41) is 20.7. The second kappa shape index (κ2) is 7.30. The molecule has 1 aliphatic heterocycles. The Morgan fingerprint density at radius 1 is 1.36 bits per heavy atom. The molecule has 2 aliphatic carbocycles. The molecule has 1 heterocycles. The van der Waals surface area contributed by atoms with Gasteiger partial charge in [0.05, 0.1) is 19.3 Å². The highest BCUT2D eigenvalue weighted by molar-refractivity contribution is 5.24. The fourth-order valence-corrected chi connectivity index (χ4v) is 6.08. The average Bonchev–Trinajstić information content (AvgIpc) is 3.06. The summed E-state index contributed by atoms with van der Waals surface area (Å²) in [6, 6.07) is 0. The molecule has 1 saturated carbocycles. The normalized spacial score (nSPS) is 47.4. The van der Waals surface area contributed by atoms with E-state index in [-0.39, 0.29) is 35.7 Å². The van der Waals surface area contributed by atoms with Crippen molar-refractivity contribution < 1.29 is 19.7 Å². The zero-order valence-corrected chi connectivity index (χ0v) is 16.3. The first-order chi connectivity index (χ1) is 11.8. The molecule has 0 aromatic heterocycles. The third-order valence-electron chi connectivity index (χ3n) is 7.96. The third-order valence-corrected chi connectivity index (χ3v) is 7.96. The molecule has 0 aromatic carbocycles. The molecule has 2 fully saturated rings. The van der Waals surface area contributed by atoms with Crippen molar-refractivity contribution in [3.05, 3.63) is 11.6 Å². The molecule has 0 bridgehead atoms. The van der Waals surface area contributed by atoms with Crippen molar-refractivity contribution in [1.29, 1.82) is 0 Å². The van der Waals surface area contributed by atoms with Crippen molar-refractivity contribution in [3.63, 3.8) is 0 Å². The summed E-state index contributed by atoms with van der Waals surface area (Å²) in [5.41, 5.74) is 1.16. The zero-order valence-electron chi connectivity index (χ0n) is 16.3. The van der Waals surface area contributed by atoms with E-state index in [0.29, 0.717) is 11.8 Å². The van der Waals surface area contributed by atoms with Crippen molar-refractivity contribution in [2.24, 2.45) is 28.6 Å². The minimum atomic E-state index is -0.300. The fourth-order valence-electron chi connectivity index (χ4n) is 6.08. The molecule has 25 heavy (non-hydrogen) atoms. The van der Waals surface area contributed by atoms with E-state index in [1.807, 2.05) is 0 Å². The van der Waals surface area contributed by atoms with Gasteiger partial charge in [-0.25, -0.2) is 0 Å². The molecule has 0 aromatic rings. The van der Waals surface area contributed by atoms with E-state index in [2.05, 4.69) is 26.8 Å². The molecule has 3 aliphatic rings. The van der Waals surface area contributed by atoms with Crippen LogP contribution in [0.5, 0.6) is 0 Å². The lowest BCUT2D eigenvalue weighted by Crippen LogP contribution is -2.55. The van der Waals surface area contributed by atoms with Crippen molar-refractivity contribution >= 4 is 0 Å². The van der Waals surface area contributed by atoms with Crippen LogP contribution >= 0.6 is 0 Å². The maximum atomic E-state index is 10.8. The summed E-state index contributed by atoms with van der Waals surface area (Å²) in [4.78, 5) is 0. The third kappa shape index (κ3) is 3.31. The van der Waals surface area contributed by atoms with Gasteiger partial charge in [-0.15, -0.1) is 0 Å². The Labute approximate surface area is 152 Å². The van der Waals surface area contributed by atoms with Crippen LogP contribution in [0.3, 0.4) is 0 Å². The topological polar surface area (TPSA) is 58.9 Å². The van der Waals surface area contributed by atoms with Crippen LogP contribution in [0, 0.1) is 28.6 Å². The van der Waals surface area contributed by atoms with Crippen LogP contribution in [0.25, 0.3) is 0 Å². The average molecular weight is 353 g/mol. The van der Waals surface area contributed by atoms with Crippen molar-refractivity contribution in [1.82, 2.24) is 0 Å². The maximum absolute atomic E-state index is 10.8. The molecule has 1 saturated heterocycles. The number of methoxy groups -OCH3 is 1. The molecule has 0 spiro atoms. The SMILES string of the molecule is COC1CC(CC[C@@]2(C)[C@H](C)[C@H](O)C[C@@]3(C)C(CO)=CCC[C@H]23)CO1. The molecular weight excluding hydrogens is 316 g/mol. The standard InChI is InChI=1S/C21H36O4/c1-14-17(23)11-21(3)16(12-22)6-5-7-18(21)20(14,2)9-8-15-10-19(24-4)25-13-15/h6,14-15,17-19,22-23H,5,7-13H2,1-4H3/t14-,15?,17-,18-,19?,20+,21+/m1/s1. The Bertz CT molecular complexity index is 504. The summed E-state index contributed by atoms with van der Waals surface area (Å²) >= 11 is 0. The highest BCUT2D eigenvalue weighted by Gasteiger charge is 2.56. The number of hydrogen-bond acceptors (Lipinski definition) is 4. The van der Waals surface area contributed by atoms with Crippen LogP contribution in [0.4, 0.5) is 0 Å². The molecule has 2 N–H and O–H groups in total. The van der Waals surface area contributed by atoms with Gasteiger partial charge < -0.3 is 19.7 Å². The molecule has 7 atom stereocenters. The first-order valence-electron chi connectivity index (χ1n) is 9.98. The molecule has 3 rings (SSSR count). The summed E-state index contributed by atoms with van der Waals surface area (Å²) in [6.07, 6.45) is 8.07. The number of aliphatic hydroxyl groups excluding tert-OH is 2. The number of hydrogen-bond donors (Lipinski definition) is 2. The van der Waals surface area contributed by atoms with E-state index in [4.69, 9.17) is 9.47 Å². The van der Waals surface area contributed by atoms with Gasteiger partial charge in [-0.3, -0.25) is 0 Å². The summed E-state index contributed by atoms with van der Waals surface area (Å²) in [5.74, 6) is 1.35. The Morgan fingerprint density at radius 3 is 2.76 bits per heavy atom. The Balaban J connectivity index is 1.78. The van der Waals surface area contributed by atoms with E-state index in [1.54, 1.807) is 7.11 Å². The lowest BCUT2D eigenvalue weighted by atomic mass is 9.46. The predicted molar refractivity (Wildman–Crippen MR) is 98.0 cm³/mol. The van der Waals surface area contributed by atoms with Gasteiger partial charge in [0.25, 0.3) is 0 Å². The lowest BCUT2D eigenvalue weighted by Gasteiger charge is -2.59. The second-order valence-electron chi connectivity index (χ2n) is 9.14. The van der Waals surface area contributed by atoms with E-state index in [0.717, 1.165) is 50.7 Å². The van der Waals surface area contributed by atoms with Gasteiger partial charge >= 0.3 is 0 Å². The summed E-state index contributed by atoms with van der Waals surface area (Å²) in [7, 11) is 1.71. The van der Waals surface area contributed by atoms with Gasteiger partial charge in [0.15, 0.2) is 6.29 Å². The Hall–Kier alpha value is -0.420. The number of ether oxygens (including phenoxy) is 2. The van der Waals surface area contributed by atoms with Gasteiger partial charge in [-0.2, -0.15) is 0 Å². The van der Waals surface area contributed by atoms with Gasteiger partial charge in [-0.1, -0.05) is 26.8 Å². The van der Waals surface area contributed by atoms with Crippen LogP contribution in [0.15, 0.2) is 11.6 Å².